The van der Waals surface area contributed by atoms with Gasteiger partial charge in [0.05, 0.1) is 5.52 Å². The maximum Gasteiger partial charge on any atom is 0.137 e. The van der Waals surface area contributed by atoms with Crippen molar-refractivity contribution in [1.29, 1.82) is 0 Å². The minimum absolute atomic E-state index is 0.565. The predicted molar refractivity (Wildman–Crippen MR) is 85.4 cm³/mol. The molecule has 0 radical (unpaired) electrons. The lowest BCUT2D eigenvalue weighted by molar-refractivity contribution is 0.0959. The summed E-state index contributed by atoms with van der Waals surface area (Å²) in [7, 11) is 0. The standard InChI is InChI=1S/C17H22N4/c1-4-8-21(9-5-1)14-10-13(11-14)20-17-15-6-2-3-7-16(15)18-12-19-17/h2-3,6-7,12-14H,1,4-5,8-11H2,(H,18,19,20). The molecular formula is C17H22N4. The van der Waals surface area contributed by atoms with Gasteiger partial charge in [0, 0.05) is 17.5 Å². The molecule has 110 valence electrons. The molecule has 1 aromatic carbocycles. The number of para-hydroxylation sites is 1. The number of rotatable bonds is 3. The largest absolute Gasteiger partial charge is 0.367 e. The maximum atomic E-state index is 4.43. The molecule has 0 spiro atoms. The summed E-state index contributed by atoms with van der Waals surface area (Å²) in [6.45, 7) is 2.60. The van der Waals surface area contributed by atoms with Gasteiger partial charge in [-0.25, -0.2) is 9.97 Å². The first-order valence-corrected chi connectivity index (χ1v) is 8.10. The Morgan fingerprint density at radius 2 is 1.81 bits per heavy atom. The lowest BCUT2D eigenvalue weighted by Crippen LogP contribution is -2.51. The Hall–Kier alpha value is -1.68. The minimum atomic E-state index is 0.565. The molecule has 0 bridgehead atoms. The van der Waals surface area contributed by atoms with E-state index in [0.717, 1.165) is 22.8 Å². The van der Waals surface area contributed by atoms with Crippen molar-refractivity contribution in [3.05, 3.63) is 30.6 Å². The van der Waals surface area contributed by atoms with Crippen LogP contribution in [0.3, 0.4) is 0 Å². The van der Waals surface area contributed by atoms with Gasteiger partial charge < -0.3 is 10.2 Å². The first kappa shape index (κ1) is 13.0. The molecule has 2 heterocycles. The average Bonchev–Trinajstić information content (AvgIpc) is 2.51. The summed E-state index contributed by atoms with van der Waals surface area (Å²) in [4.78, 5) is 11.4. The van der Waals surface area contributed by atoms with Crippen molar-refractivity contribution in [3.8, 4) is 0 Å². The molecule has 0 amide bonds. The lowest BCUT2D eigenvalue weighted by atomic mass is 9.84. The second kappa shape index (κ2) is 5.60. The molecule has 4 heteroatoms. The number of hydrogen-bond donors (Lipinski definition) is 1. The predicted octanol–water partition coefficient (Wildman–Crippen LogP) is 3.06. The van der Waals surface area contributed by atoms with Crippen LogP contribution in [0.15, 0.2) is 30.6 Å². The topological polar surface area (TPSA) is 41.0 Å². The van der Waals surface area contributed by atoms with E-state index < -0.39 is 0 Å². The van der Waals surface area contributed by atoms with Crippen LogP contribution >= 0.6 is 0 Å². The molecule has 0 atom stereocenters. The van der Waals surface area contributed by atoms with E-state index >= 15 is 0 Å². The number of nitrogens with one attached hydrogen (secondary N) is 1. The van der Waals surface area contributed by atoms with Gasteiger partial charge in [0.25, 0.3) is 0 Å². The van der Waals surface area contributed by atoms with Crippen molar-refractivity contribution >= 4 is 16.7 Å². The highest BCUT2D eigenvalue weighted by atomic mass is 15.2. The van der Waals surface area contributed by atoms with Crippen LogP contribution in [0.5, 0.6) is 0 Å². The zero-order valence-corrected chi connectivity index (χ0v) is 12.3. The molecule has 1 aliphatic carbocycles. The monoisotopic (exact) mass is 282 g/mol. The van der Waals surface area contributed by atoms with E-state index in [1.165, 1.54) is 45.2 Å². The van der Waals surface area contributed by atoms with Crippen molar-refractivity contribution in [2.75, 3.05) is 18.4 Å². The van der Waals surface area contributed by atoms with Crippen LogP contribution in [0.25, 0.3) is 10.9 Å². The second-order valence-corrected chi connectivity index (χ2v) is 6.30. The molecule has 2 aromatic rings. The smallest absolute Gasteiger partial charge is 0.137 e. The fourth-order valence-electron chi connectivity index (χ4n) is 3.60. The lowest BCUT2D eigenvalue weighted by Gasteiger charge is -2.45. The van der Waals surface area contributed by atoms with Crippen molar-refractivity contribution in [1.82, 2.24) is 14.9 Å². The van der Waals surface area contributed by atoms with Gasteiger partial charge in [0.2, 0.25) is 0 Å². The first-order chi connectivity index (χ1) is 10.4. The Morgan fingerprint density at radius 3 is 2.67 bits per heavy atom. The number of fused-ring (bicyclic) bond motifs is 1. The van der Waals surface area contributed by atoms with Crippen LogP contribution in [0.1, 0.15) is 32.1 Å². The summed E-state index contributed by atoms with van der Waals surface area (Å²) < 4.78 is 0. The Bertz CT molecular complexity index is 610. The van der Waals surface area contributed by atoms with E-state index in [9.17, 15) is 0 Å². The van der Waals surface area contributed by atoms with Gasteiger partial charge in [0.1, 0.15) is 12.1 Å². The Morgan fingerprint density at radius 1 is 1.00 bits per heavy atom. The molecule has 1 N–H and O–H groups in total. The Kier molecular flexibility index (Phi) is 3.47. The van der Waals surface area contributed by atoms with Gasteiger partial charge >= 0.3 is 0 Å². The highest BCUT2D eigenvalue weighted by molar-refractivity contribution is 5.88. The molecule has 1 saturated heterocycles. The van der Waals surface area contributed by atoms with Gasteiger partial charge in [-0.2, -0.15) is 0 Å². The number of piperidine rings is 1. The summed E-state index contributed by atoms with van der Waals surface area (Å²) in [6, 6.07) is 9.56. The molecule has 4 rings (SSSR count). The molecule has 2 fully saturated rings. The molecule has 1 aliphatic heterocycles. The van der Waals surface area contributed by atoms with Crippen molar-refractivity contribution < 1.29 is 0 Å². The number of likely N-dealkylation sites (tertiary alicyclic amines) is 1. The second-order valence-electron chi connectivity index (χ2n) is 6.30. The molecule has 2 aliphatic rings. The summed E-state index contributed by atoms with van der Waals surface area (Å²) in [5.41, 5.74) is 1.02. The normalized spacial score (nSPS) is 26.5. The van der Waals surface area contributed by atoms with Crippen LogP contribution in [0.2, 0.25) is 0 Å². The van der Waals surface area contributed by atoms with E-state index in [1.807, 2.05) is 18.2 Å². The third-order valence-electron chi connectivity index (χ3n) is 4.90. The highest BCUT2D eigenvalue weighted by Crippen LogP contribution is 2.31. The fourth-order valence-corrected chi connectivity index (χ4v) is 3.60. The van der Waals surface area contributed by atoms with Crippen LogP contribution in [-0.2, 0) is 0 Å². The van der Waals surface area contributed by atoms with Crippen LogP contribution in [0.4, 0.5) is 5.82 Å². The SMILES string of the molecule is c1ccc2c(NC3CC(N4CCCCC4)C3)ncnc2c1. The number of aromatic nitrogens is 2. The first-order valence-electron chi connectivity index (χ1n) is 8.10. The van der Waals surface area contributed by atoms with E-state index in [4.69, 9.17) is 0 Å². The van der Waals surface area contributed by atoms with E-state index in [0.29, 0.717) is 6.04 Å². The van der Waals surface area contributed by atoms with Crippen molar-refractivity contribution in [3.63, 3.8) is 0 Å². The molecular weight excluding hydrogens is 260 g/mol. The van der Waals surface area contributed by atoms with E-state index in [-0.39, 0.29) is 0 Å². The molecule has 21 heavy (non-hydrogen) atoms. The zero-order valence-electron chi connectivity index (χ0n) is 12.3. The van der Waals surface area contributed by atoms with Gasteiger partial charge in [0.15, 0.2) is 0 Å². The third kappa shape index (κ3) is 2.60. The van der Waals surface area contributed by atoms with Gasteiger partial charge in [-0.3, -0.25) is 0 Å². The number of benzene rings is 1. The maximum absolute atomic E-state index is 4.43. The Balaban J connectivity index is 1.41. The minimum Gasteiger partial charge on any atom is -0.367 e. The Labute approximate surface area is 125 Å². The highest BCUT2D eigenvalue weighted by Gasteiger charge is 2.34. The molecule has 0 unspecified atom stereocenters. The number of hydrogen-bond acceptors (Lipinski definition) is 4. The van der Waals surface area contributed by atoms with Gasteiger partial charge in [-0.15, -0.1) is 0 Å². The molecule has 1 saturated carbocycles. The van der Waals surface area contributed by atoms with Gasteiger partial charge in [-0.05, 0) is 50.9 Å². The zero-order chi connectivity index (χ0) is 14.1. The number of nitrogens with zero attached hydrogens (tertiary/aromatic N) is 3. The quantitative estimate of drug-likeness (QED) is 0.939. The van der Waals surface area contributed by atoms with Crippen molar-refractivity contribution in [2.45, 2.75) is 44.2 Å². The fraction of sp³-hybridized carbons (Fsp3) is 0.529. The van der Waals surface area contributed by atoms with E-state index in [2.05, 4.69) is 26.3 Å². The van der Waals surface area contributed by atoms with Crippen molar-refractivity contribution in [2.24, 2.45) is 0 Å². The third-order valence-corrected chi connectivity index (χ3v) is 4.90. The summed E-state index contributed by atoms with van der Waals surface area (Å²) >= 11 is 0. The molecule has 1 aromatic heterocycles. The summed E-state index contributed by atoms with van der Waals surface area (Å²) in [6.07, 6.45) is 8.33. The summed E-state index contributed by atoms with van der Waals surface area (Å²) in [5, 5.41) is 4.74. The average molecular weight is 282 g/mol. The van der Waals surface area contributed by atoms with Crippen LogP contribution < -0.4 is 5.32 Å². The summed E-state index contributed by atoms with van der Waals surface area (Å²) in [5.74, 6) is 0.989. The van der Waals surface area contributed by atoms with Crippen LogP contribution in [-0.4, -0.2) is 40.0 Å². The number of anilines is 1. The molecule has 4 nitrogen and oxygen atoms in total. The van der Waals surface area contributed by atoms with E-state index in [1.54, 1.807) is 6.33 Å². The van der Waals surface area contributed by atoms with Gasteiger partial charge in [-0.1, -0.05) is 18.6 Å². The van der Waals surface area contributed by atoms with Crippen LogP contribution in [0, 0.1) is 0 Å².